The molecule has 24 heavy (non-hydrogen) atoms. The minimum atomic E-state index is -0.285. The van der Waals surface area contributed by atoms with Crippen molar-refractivity contribution in [2.24, 2.45) is 0 Å². The van der Waals surface area contributed by atoms with Gasteiger partial charge in [0.2, 0.25) is 0 Å². The summed E-state index contributed by atoms with van der Waals surface area (Å²) in [5, 5.41) is 12.3. The number of rotatable bonds is 5. The lowest BCUT2D eigenvalue weighted by Gasteiger charge is -2.26. The summed E-state index contributed by atoms with van der Waals surface area (Å²) in [6.07, 6.45) is 1.56. The van der Waals surface area contributed by atoms with Crippen molar-refractivity contribution in [2.75, 3.05) is 49.7 Å². The number of carbonyl (C=O) groups excluding carboxylic acids is 1. The highest BCUT2D eigenvalue weighted by atomic mass is 16.5. The molecule has 2 heterocycles. The predicted molar refractivity (Wildman–Crippen MR) is 93.0 cm³/mol. The van der Waals surface area contributed by atoms with Gasteiger partial charge in [0, 0.05) is 26.7 Å². The summed E-state index contributed by atoms with van der Waals surface area (Å²) in [6.45, 7) is 4.13. The lowest BCUT2D eigenvalue weighted by atomic mass is 10.1. The third kappa shape index (κ3) is 3.66. The molecule has 5 N–H and O–H groups in total. The number of morpholine rings is 1. The third-order valence-electron chi connectivity index (χ3n) is 4.01. The molecule has 0 spiro atoms. The molecule has 0 atom stereocenters. The molecule has 0 saturated carbocycles. The van der Waals surface area contributed by atoms with Crippen LogP contribution in [0.3, 0.4) is 0 Å². The molecule has 1 aliphatic rings. The first-order valence-electron chi connectivity index (χ1n) is 7.88. The molecule has 128 valence electrons. The Kier molecular flexibility index (Phi) is 4.97. The lowest BCUT2D eigenvalue weighted by Crippen LogP contribution is -2.35. The number of nitrogens with zero attached hydrogens (tertiary/aromatic N) is 2. The number of anilines is 3. The van der Waals surface area contributed by atoms with Crippen molar-refractivity contribution in [3.8, 4) is 0 Å². The minimum absolute atomic E-state index is 0.285. The number of nitrogen functional groups attached to an aromatic ring is 1. The summed E-state index contributed by atoms with van der Waals surface area (Å²) in [4.78, 5) is 14.7. The van der Waals surface area contributed by atoms with Gasteiger partial charge in [0.25, 0.3) is 5.91 Å². The van der Waals surface area contributed by atoms with Crippen molar-refractivity contribution < 1.29 is 9.53 Å². The second-order valence-corrected chi connectivity index (χ2v) is 5.67. The lowest BCUT2D eigenvalue weighted by molar-refractivity contribution is 0.0342. The Hall–Kier alpha value is -2.58. The van der Waals surface area contributed by atoms with E-state index in [0.29, 0.717) is 22.8 Å². The average Bonchev–Trinajstić information content (AvgIpc) is 3.07. The Morgan fingerprint density at radius 3 is 2.92 bits per heavy atom. The molecule has 1 aromatic carbocycles. The smallest absolute Gasteiger partial charge is 0.275 e. The number of nitrogens with one attached hydrogen (secondary N) is 3. The van der Waals surface area contributed by atoms with E-state index >= 15 is 0 Å². The van der Waals surface area contributed by atoms with Gasteiger partial charge in [-0.2, -0.15) is 5.10 Å². The van der Waals surface area contributed by atoms with E-state index < -0.39 is 0 Å². The van der Waals surface area contributed by atoms with Crippen molar-refractivity contribution in [3.63, 3.8) is 0 Å². The van der Waals surface area contributed by atoms with E-state index in [1.165, 1.54) is 0 Å². The van der Waals surface area contributed by atoms with Gasteiger partial charge < -0.3 is 21.1 Å². The molecule has 0 bridgehead atoms. The molecule has 3 rings (SSSR count). The van der Waals surface area contributed by atoms with Crippen LogP contribution in [0.15, 0.2) is 24.4 Å². The van der Waals surface area contributed by atoms with Crippen LogP contribution in [0, 0.1) is 0 Å². The zero-order valence-corrected chi connectivity index (χ0v) is 13.6. The van der Waals surface area contributed by atoms with E-state index in [2.05, 4.69) is 25.7 Å². The standard InChI is InChI=1S/C16H22N6O2/c1-18-14-9-19-21-15(14)16(23)20-13-8-11(2-3-12(13)17)10-22-4-6-24-7-5-22/h2-3,8-9,18H,4-7,10,17H2,1H3,(H,19,21)(H,20,23). The van der Waals surface area contributed by atoms with Crippen LogP contribution in [0.1, 0.15) is 16.1 Å². The normalized spacial score (nSPS) is 15.2. The summed E-state index contributed by atoms with van der Waals surface area (Å²) >= 11 is 0. The number of ether oxygens (including phenoxy) is 1. The number of carbonyl (C=O) groups is 1. The molecule has 1 fully saturated rings. The monoisotopic (exact) mass is 330 g/mol. The Morgan fingerprint density at radius 2 is 2.17 bits per heavy atom. The van der Waals surface area contributed by atoms with Crippen molar-refractivity contribution in [2.45, 2.75) is 6.54 Å². The van der Waals surface area contributed by atoms with E-state index in [9.17, 15) is 4.79 Å². The van der Waals surface area contributed by atoms with Crippen molar-refractivity contribution in [1.82, 2.24) is 15.1 Å². The Balaban J connectivity index is 1.72. The van der Waals surface area contributed by atoms with E-state index in [4.69, 9.17) is 10.5 Å². The fourth-order valence-corrected chi connectivity index (χ4v) is 2.66. The fourth-order valence-electron chi connectivity index (χ4n) is 2.66. The molecule has 8 heteroatoms. The van der Waals surface area contributed by atoms with Crippen LogP contribution in [-0.4, -0.2) is 54.4 Å². The Morgan fingerprint density at radius 1 is 1.38 bits per heavy atom. The van der Waals surface area contributed by atoms with Gasteiger partial charge in [-0.25, -0.2) is 0 Å². The van der Waals surface area contributed by atoms with Crippen molar-refractivity contribution >= 4 is 23.0 Å². The SMILES string of the molecule is CNc1cn[nH]c1C(=O)Nc1cc(CN2CCOCC2)ccc1N. The highest BCUT2D eigenvalue weighted by Crippen LogP contribution is 2.23. The van der Waals surface area contributed by atoms with Crippen molar-refractivity contribution in [3.05, 3.63) is 35.7 Å². The van der Waals surface area contributed by atoms with E-state index in [1.54, 1.807) is 13.2 Å². The molecule has 1 aromatic heterocycles. The summed E-state index contributed by atoms with van der Waals surface area (Å²) in [5.74, 6) is -0.285. The molecule has 1 amide bonds. The summed E-state index contributed by atoms with van der Waals surface area (Å²) < 4.78 is 5.36. The quantitative estimate of drug-likeness (QED) is 0.612. The van der Waals surface area contributed by atoms with Gasteiger partial charge in [0.1, 0.15) is 5.69 Å². The Labute approximate surface area is 140 Å². The molecule has 0 radical (unpaired) electrons. The minimum Gasteiger partial charge on any atom is -0.397 e. The summed E-state index contributed by atoms with van der Waals surface area (Å²) in [7, 11) is 1.74. The second-order valence-electron chi connectivity index (χ2n) is 5.67. The number of hydrogen-bond acceptors (Lipinski definition) is 6. The van der Waals surface area contributed by atoms with Crippen LogP contribution in [0.25, 0.3) is 0 Å². The summed E-state index contributed by atoms with van der Waals surface area (Å²) in [5.41, 5.74) is 9.23. The van der Waals surface area contributed by atoms with E-state index in [1.807, 2.05) is 18.2 Å². The van der Waals surface area contributed by atoms with Gasteiger partial charge in [-0.15, -0.1) is 0 Å². The number of hydrogen-bond donors (Lipinski definition) is 4. The van der Waals surface area contributed by atoms with Gasteiger partial charge in [-0.1, -0.05) is 6.07 Å². The maximum Gasteiger partial charge on any atom is 0.275 e. The van der Waals surface area contributed by atoms with Crippen LogP contribution in [-0.2, 0) is 11.3 Å². The highest BCUT2D eigenvalue weighted by Gasteiger charge is 2.16. The van der Waals surface area contributed by atoms with Crippen LogP contribution in [0.5, 0.6) is 0 Å². The molecular formula is C16H22N6O2. The molecule has 1 aliphatic heterocycles. The predicted octanol–water partition coefficient (Wildman–Crippen LogP) is 1.12. The first kappa shape index (κ1) is 16.3. The zero-order valence-electron chi connectivity index (χ0n) is 13.6. The van der Waals surface area contributed by atoms with Gasteiger partial charge in [-0.05, 0) is 17.7 Å². The largest absolute Gasteiger partial charge is 0.397 e. The first-order chi connectivity index (χ1) is 11.7. The maximum atomic E-state index is 12.4. The number of H-pyrrole nitrogens is 1. The third-order valence-corrected chi connectivity index (χ3v) is 4.01. The molecule has 0 unspecified atom stereocenters. The summed E-state index contributed by atoms with van der Waals surface area (Å²) in [6, 6.07) is 5.71. The number of amides is 1. The topological polar surface area (TPSA) is 108 Å². The Bertz CT molecular complexity index is 708. The van der Waals surface area contributed by atoms with E-state index in [-0.39, 0.29) is 5.91 Å². The van der Waals surface area contributed by atoms with Gasteiger partial charge in [0.15, 0.2) is 0 Å². The molecule has 2 aromatic rings. The number of nitrogens with two attached hydrogens (primary N) is 1. The van der Waals surface area contributed by atoms with Crippen LogP contribution in [0.4, 0.5) is 17.1 Å². The number of aromatic nitrogens is 2. The highest BCUT2D eigenvalue weighted by molar-refractivity contribution is 6.07. The van der Waals surface area contributed by atoms with Gasteiger partial charge in [0.05, 0.1) is 36.5 Å². The maximum absolute atomic E-state index is 12.4. The molecular weight excluding hydrogens is 308 g/mol. The van der Waals surface area contributed by atoms with Crippen LogP contribution in [0.2, 0.25) is 0 Å². The van der Waals surface area contributed by atoms with Crippen LogP contribution >= 0.6 is 0 Å². The first-order valence-corrected chi connectivity index (χ1v) is 7.88. The van der Waals surface area contributed by atoms with E-state index in [0.717, 1.165) is 38.4 Å². The number of aromatic amines is 1. The number of benzene rings is 1. The second kappa shape index (κ2) is 7.33. The van der Waals surface area contributed by atoms with Crippen molar-refractivity contribution in [1.29, 1.82) is 0 Å². The molecule has 1 saturated heterocycles. The van der Waals surface area contributed by atoms with Gasteiger partial charge >= 0.3 is 0 Å². The van der Waals surface area contributed by atoms with Gasteiger partial charge in [-0.3, -0.25) is 14.8 Å². The molecule has 0 aliphatic carbocycles. The zero-order chi connectivity index (χ0) is 16.9. The van der Waals surface area contributed by atoms with Crippen LogP contribution < -0.4 is 16.4 Å². The average molecular weight is 330 g/mol. The fraction of sp³-hybridized carbons (Fsp3) is 0.375. The molecule has 8 nitrogen and oxygen atoms in total.